The summed E-state index contributed by atoms with van der Waals surface area (Å²) in [6, 6.07) is 16.9. The van der Waals surface area contributed by atoms with E-state index >= 15 is 0 Å². The molecule has 0 aliphatic rings. The van der Waals surface area contributed by atoms with Gasteiger partial charge >= 0.3 is 0 Å². The number of aryl methyl sites for hydroxylation is 1. The molecular formula is C21H22N4O3. The fourth-order valence-electron chi connectivity index (χ4n) is 2.81. The fraction of sp³-hybridized carbons (Fsp3) is 0.238. The molecule has 2 N–H and O–H groups in total. The van der Waals surface area contributed by atoms with Crippen molar-refractivity contribution in [1.82, 2.24) is 20.2 Å². The van der Waals surface area contributed by atoms with Gasteiger partial charge in [-0.2, -0.15) is 0 Å². The maximum Gasteiger partial charge on any atom is 0.261 e. The average Bonchev–Trinajstić information content (AvgIpc) is 2.73. The molecule has 0 saturated heterocycles. The molecule has 0 aliphatic carbocycles. The van der Waals surface area contributed by atoms with Gasteiger partial charge in [0.1, 0.15) is 0 Å². The topological polar surface area (TPSA) is 93.1 Å². The predicted octanol–water partition coefficient (Wildman–Crippen LogP) is 1.26. The van der Waals surface area contributed by atoms with Crippen LogP contribution in [0.4, 0.5) is 0 Å². The molecule has 0 saturated carbocycles. The van der Waals surface area contributed by atoms with Gasteiger partial charge in [-0.15, -0.1) is 0 Å². The third-order valence-corrected chi connectivity index (χ3v) is 4.34. The molecule has 0 bridgehead atoms. The highest BCUT2D eigenvalue weighted by Crippen LogP contribution is 2.04. The first-order valence-corrected chi connectivity index (χ1v) is 9.15. The summed E-state index contributed by atoms with van der Waals surface area (Å²) in [5.41, 5.74) is 1.58. The monoisotopic (exact) mass is 378 g/mol. The van der Waals surface area contributed by atoms with Crippen LogP contribution in [0.1, 0.15) is 12.0 Å². The van der Waals surface area contributed by atoms with Gasteiger partial charge in [0.05, 0.1) is 23.8 Å². The number of hydrogen-bond donors (Lipinski definition) is 2. The van der Waals surface area contributed by atoms with Crippen molar-refractivity contribution in [2.24, 2.45) is 0 Å². The number of fused-ring (bicyclic) bond motifs is 1. The third-order valence-electron chi connectivity index (χ3n) is 4.34. The molecular weight excluding hydrogens is 356 g/mol. The maximum absolute atomic E-state index is 12.4. The first kappa shape index (κ1) is 19.3. The van der Waals surface area contributed by atoms with E-state index < -0.39 is 0 Å². The molecule has 7 nitrogen and oxygen atoms in total. The van der Waals surface area contributed by atoms with Gasteiger partial charge in [0.15, 0.2) is 0 Å². The minimum absolute atomic E-state index is 0.0848. The lowest BCUT2D eigenvalue weighted by Crippen LogP contribution is -2.38. The number of hydrogen-bond acceptors (Lipinski definition) is 4. The number of carbonyl (C=O) groups is 2. The van der Waals surface area contributed by atoms with Crippen LogP contribution in [0, 0.1) is 0 Å². The molecule has 1 aromatic heterocycles. The van der Waals surface area contributed by atoms with Crippen LogP contribution in [0.2, 0.25) is 0 Å². The highest BCUT2D eigenvalue weighted by Gasteiger charge is 2.08. The highest BCUT2D eigenvalue weighted by molar-refractivity contribution is 5.84. The van der Waals surface area contributed by atoms with E-state index in [0.717, 1.165) is 12.0 Å². The van der Waals surface area contributed by atoms with Gasteiger partial charge in [0.2, 0.25) is 11.8 Å². The zero-order valence-corrected chi connectivity index (χ0v) is 15.4. The average molecular weight is 378 g/mol. The molecule has 2 amide bonds. The van der Waals surface area contributed by atoms with Gasteiger partial charge < -0.3 is 10.6 Å². The third kappa shape index (κ3) is 5.26. The number of carbonyl (C=O) groups excluding carboxylic acids is 2. The van der Waals surface area contributed by atoms with E-state index in [-0.39, 0.29) is 36.9 Å². The van der Waals surface area contributed by atoms with Gasteiger partial charge in [-0.05, 0) is 24.1 Å². The number of rotatable bonds is 8. The van der Waals surface area contributed by atoms with Gasteiger partial charge in [-0.3, -0.25) is 19.0 Å². The van der Waals surface area contributed by atoms with E-state index in [1.165, 1.54) is 10.9 Å². The Kier molecular flexibility index (Phi) is 6.51. The summed E-state index contributed by atoms with van der Waals surface area (Å²) in [6.07, 6.45) is 2.27. The van der Waals surface area contributed by atoms with Gasteiger partial charge in [0, 0.05) is 19.5 Å². The SMILES string of the molecule is O=C(CCn1cnc2ccccc2c1=O)NCC(=O)NCCc1ccccc1. The second-order valence-corrected chi connectivity index (χ2v) is 6.37. The molecule has 0 fully saturated rings. The summed E-state index contributed by atoms with van der Waals surface area (Å²) in [5, 5.41) is 5.86. The van der Waals surface area contributed by atoms with Crippen molar-refractivity contribution in [1.29, 1.82) is 0 Å². The van der Waals surface area contributed by atoms with Gasteiger partial charge in [-0.1, -0.05) is 42.5 Å². The summed E-state index contributed by atoms with van der Waals surface area (Å²) in [5.74, 6) is -0.535. The zero-order chi connectivity index (χ0) is 19.8. The molecule has 3 aromatic rings. The van der Waals surface area contributed by atoms with E-state index in [0.29, 0.717) is 17.4 Å². The molecule has 3 rings (SSSR count). The molecule has 1 heterocycles. The first-order chi connectivity index (χ1) is 13.6. The molecule has 2 aromatic carbocycles. The fourth-order valence-corrected chi connectivity index (χ4v) is 2.81. The lowest BCUT2D eigenvalue weighted by molar-refractivity contribution is -0.126. The summed E-state index contributed by atoms with van der Waals surface area (Å²) >= 11 is 0. The Balaban J connectivity index is 1.40. The summed E-state index contributed by atoms with van der Waals surface area (Å²) in [7, 11) is 0. The van der Waals surface area contributed by atoms with Crippen LogP contribution in [0.5, 0.6) is 0 Å². The van der Waals surface area contributed by atoms with E-state index in [4.69, 9.17) is 0 Å². The van der Waals surface area contributed by atoms with Crippen LogP contribution in [0.15, 0.2) is 65.7 Å². The summed E-state index contributed by atoms with van der Waals surface area (Å²) < 4.78 is 1.40. The molecule has 0 spiro atoms. The number of nitrogens with zero attached hydrogens (tertiary/aromatic N) is 2. The van der Waals surface area contributed by atoms with Gasteiger partial charge in [-0.25, -0.2) is 4.98 Å². The summed E-state index contributed by atoms with van der Waals surface area (Å²) in [6.45, 7) is 0.632. The van der Waals surface area contributed by atoms with Crippen molar-refractivity contribution in [3.05, 3.63) is 76.8 Å². The van der Waals surface area contributed by atoms with Crippen molar-refractivity contribution in [3.8, 4) is 0 Å². The second-order valence-electron chi connectivity index (χ2n) is 6.37. The van der Waals surface area contributed by atoms with Crippen molar-refractivity contribution < 1.29 is 9.59 Å². The van der Waals surface area contributed by atoms with Crippen molar-refractivity contribution in [2.75, 3.05) is 13.1 Å². The minimum atomic E-state index is -0.293. The van der Waals surface area contributed by atoms with Crippen molar-refractivity contribution in [2.45, 2.75) is 19.4 Å². The van der Waals surface area contributed by atoms with E-state index in [2.05, 4.69) is 15.6 Å². The molecule has 7 heteroatoms. The Hall–Kier alpha value is -3.48. The van der Waals surface area contributed by atoms with Crippen LogP contribution in [-0.4, -0.2) is 34.5 Å². The first-order valence-electron chi connectivity index (χ1n) is 9.15. The molecule has 0 atom stereocenters. The second kappa shape index (κ2) is 9.45. The number of amides is 2. The number of benzene rings is 2. The van der Waals surface area contributed by atoms with Crippen molar-refractivity contribution in [3.63, 3.8) is 0 Å². The number of aromatic nitrogens is 2. The Bertz CT molecular complexity index is 1010. The molecule has 28 heavy (non-hydrogen) atoms. The molecule has 144 valence electrons. The molecule has 0 unspecified atom stereocenters. The maximum atomic E-state index is 12.4. The van der Waals surface area contributed by atoms with E-state index in [1.54, 1.807) is 18.2 Å². The van der Waals surface area contributed by atoms with Crippen LogP contribution in [0.3, 0.4) is 0 Å². The standard InChI is InChI=1S/C21H22N4O3/c26-19(23-14-20(27)22-12-10-16-6-2-1-3-7-16)11-13-25-15-24-18-9-5-4-8-17(18)21(25)28/h1-9,15H,10-14H2,(H,22,27)(H,23,26). The largest absolute Gasteiger partial charge is 0.354 e. The molecule has 0 aliphatic heterocycles. The van der Waals surface area contributed by atoms with Crippen LogP contribution >= 0.6 is 0 Å². The summed E-state index contributed by atoms with van der Waals surface area (Å²) in [4.78, 5) is 40.4. The van der Waals surface area contributed by atoms with Gasteiger partial charge in [0.25, 0.3) is 5.56 Å². The lowest BCUT2D eigenvalue weighted by atomic mass is 10.1. The molecule has 0 radical (unpaired) electrons. The highest BCUT2D eigenvalue weighted by atomic mass is 16.2. The number of para-hydroxylation sites is 1. The smallest absolute Gasteiger partial charge is 0.261 e. The Morgan fingerprint density at radius 2 is 1.68 bits per heavy atom. The Labute approximate surface area is 162 Å². The van der Waals surface area contributed by atoms with Crippen LogP contribution < -0.4 is 16.2 Å². The normalized spacial score (nSPS) is 10.6. The number of nitrogens with one attached hydrogen (secondary N) is 2. The van der Waals surface area contributed by atoms with E-state index in [1.807, 2.05) is 36.4 Å². The predicted molar refractivity (Wildman–Crippen MR) is 107 cm³/mol. The van der Waals surface area contributed by atoms with E-state index in [9.17, 15) is 14.4 Å². The zero-order valence-electron chi connectivity index (χ0n) is 15.4. The Morgan fingerprint density at radius 1 is 0.929 bits per heavy atom. The van der Waals surface area contributed by atoms with Crippen LogP contribution in [0.25, 0.3) is 10.9 Å². The van der Waals surface area contributed by atoms with Crippen molar-refractivity contribution >= 4 is 22.7 Å². The quantitative estimate of drug-likeness (QED) is 0.617. The minimum Gasteiger partial charge on any atom is -0.354 e. The Morgan fingerprint density at radius 3 is 2.50 bits per heavy atom. The lowest BCUT2D eigenvalue weighted by Gasteiger charge is -2.08. The van der Waals surface area contributed by atoms with Crippen LogP contribution in [-0.2, 0) is 22.6 Å².